The van der Waals surface area contributed by atoms with E-state index in [-0.39, 0.29) is 11.9 Å². The SMILES string of the molecule is CCCCN(C)[C@@H](C)C(=O)Nc1ccccc1C#N. The average molecular weight is 259 g/mol. The number of hydrogen-bond donors (Lipinski definition) is 1. The van der Waals surface area contributed by atoms with Crippen LogP contribution in [-0.4, -0.2) is 30.4 Å². The molecule has 19 heavy (non-hydrogen) atoms. The summed E-state index contributed by atoms with van der Waals surface area (Å²) in [6, 6.07) is 8.90. The summed E-state index contributed by atoms with van der Waals surface area (Å²) < 4.78 is 0. The topological polar surface area (TPSA) is 56.1 Å². The second-order valence-corrected chi connectivity index (χ2v) is 4.66. The fraction of sp³-hybridized carbons (Fsp3) is 0.467. The van der Waals surface area contributed by atoms with E-state index in [0.29, 0.717) is 11.3 Å². The van der Waals surface area contributed by atoms with Crippen LogP contribution >= 0.6 is 0 Å². The number of nitrogens with zero attached hydrogens (tertiary/aromatic N) is 2. The van der Waals surface area contributed by atoms with Crippen LogP contribution in [0.2, 0.25) is 0 Å². The Bertz CT molecular complexity index is 465. The average Bonchev–Trinajstić information content (AvgIpc) is 2.44. The molecule has 0 aliphatic heterocycles. The van der Waals surface area contributed by atoms with Crippen LogP contribution in [0.5, 0.6) is 0 Å². The molecule has 0 aliphatic carbocycles. The summed E-state index contributed by atoms with van der Waals surface area (Å²) in [6.45, 7) is 4.90. The van der Waals surface area contributed by atoms with Crippen LogP contribution < -0.4 is 5.32 Å². The van der Waals surface area contributed by atoms with E-state index in [1.54, 1.807) is 18.2 Å². The first kappa shape index (κ1) is 15.2. The van der Waals surface area contributed by atoms with E-state index >= 15 is 0 Å². The van der Waals surface area contributed by atoms with Crippen LogP contribution in [0, 0.1) is 11.3 Å². The molecule has 4 nitrogen and oxygen atoms in total. The molecule has 1 amide bonds. The predicted molar refractivity (Wildman–Crippen MR) is 76.8 cm³/mol. The van der Waals surface area contributed by atoms with Crippen molar-refractivity contribution in [3.05, 3.63) is 29.8 Å². The summed E-state index contributed by atoms with van der Waals surface area (Å²) in [4.78, 5) is 14.1. The van der Waals surface area contributed by atoms with E-state index in [4.69, 9.17) is 5.26 Å². The molecule has 102 valence electrons. The van der Waals surface area contributed by atoms with Crippen LogP contribution in [0.4, 0.5) is 5.69 Å². The van der Waals surface area contributed by atoms with Gasteiger partial charge in [-0.05, 0) is 39.1 Å². The third-order valence-corrected chi connectivity index (χ3v) is 3.21. The summed E-state index contributed by atoms with van der Waals surface area (Å²) >= 11 is 0. The fourth-order valence-corrected chi connectivity index (χ4v) is 1.73. The van der Waals surface area contributed by atoms with Crippen molar-refractivity contribution >= 4 is 11.6 Å². The van der Waals surface area contributed by atoms with Crippen molar-refractivity contribution in [2.24, 2.45) is 0 Å². The van der Waals surface area contributed by atoms with E-state index in [9.17, 15) is 4.79 Å². The molecule has 1 atom stereocenters. The van der Waals surface area contributed by atoms with Gasteiger partial charge in [0.15, 0.2) is 0 Å². The van der Waals surface area contributed by atoms with Gasteiger partial charge in [-0.3, -0.25) is 9.69 Å². The number of likely N-dealkylation sites (N-methyl/N-ethyl adjacent to an activating group) is 1. The minimum Gasteiger partial charge on any atom is -0.324 e. The lowest BCUT2D eigenvalue weighted by Gasteiger charge is -2.23. The van der Waals surface area contributed by atoms with Gasteiger partial charge in [-0.2, -0.15) is 5.26 Å². The van der Waals surface area contributed by atoms with Crippen molar-refractivity contribution in [1.82, 2.24) is 4.90 Å². The Labute approximate surface area is 115 Å². The highest BCUT2D eigenvalue weighted by Gasteiger charge is 2.18. The standard InChI is InChI=1S/C15H21N3O/c1-4-5-10-18(3)12(2)15(19)17-14-9-7-6-8-13(14)11-16/h6-9,12H,4-5,10H2,1-3H3,(H,17,19)/t12-/m0/s1. The molecule has 0 unspecified atom stereocenters. The lowest BCUT2D eigenvalue weighted by molar-refractivity contribution is -0.120. The van der Waals surface area contributed by atoms with Gasteiger partial charge in [-0.15, -0.1) is 0 Å². The Morgan fingerprint density at radius 2 is 2.16 bits per heavy atom. The first-order valence-electron chi connectivity index (χ1n) is 6.60. The highest BCUT2D eigenvalue weighted by Crippen LogP contribution is 2.14. The quantitative estimate of drug-likeness (QED) is 0.854. The zero-order chi connectivity index (χ0) is 14.3. The van der Waals surface area contributed by atoms with Crippen molar-refractivity contribution in [2.45, 2.75) is 32.7 Å². The minimum absolute atomic E-state index is 0.0821. The summed E-state index contributed by atoms with van der Waals surface area (Å²) in [5, 5.41) is 11.8. The van der Waals surface area contributed by atoms with Crippen molar-refractivity contribution < 1.29 is 4.79 Å². The summed E-state index contributed by atoms with van der Waals surface area (Å²) in [5.41, 5.74) is 1.06. The molecule has 1 N–H and O–H groups in total. The molecule has 1 aromatic carbocycles. The number of amides is 1. The van der Waals surface area contributed by atoms with E-state index < -0.39 is 0 Å². The number of nitriles is 1. The summed E-state index contributed by atoms with van der Waals surface area (Å²) in [7, 11) is 1.94. The first-order chi connectivity index (χ1) is 9.10. The van der Waals surface area contributed by atoms with Crippen molar-refractivity contribution in [3.63, 3.8) is 0 Å². The molecule has 0 spiro atoms. The number of anilines is 1. The Morgan fingerprint density at radius 1 is 1.47 bits per heavy atom. The maximum atomic E-state index is 12.1. The van der Waals surface area contributed by atoms with Gasteiger partial charge in [0.05, 0.1) is 17.3 Å². The minimum atomic E-state index is -0.210. The molecule has 1 rings (SSSR count). The van der Waals surface area contributed by atoms with E-state index in [0.717, 1.165) is 19.4 Å². The monoisotopic (exact) mass is 259 g/mol. The number of nitrogens with one attached hydrogen (secondary N) is 1. The molecular formula is C15H21N3O. The molecule has 0 fully saturated rings. The molecule has 4 heteroatoms. The van der Waals surface area contributed by atoms with E-state index in [2.05, 4.69) is 18.3 Å². The van der Waals surface area contributed by atoms with Crippen molar-refractivity contribution in [2.75, 3.05) is 18.9 Å². The Balaban J connectivity index is 2.66. The Morgan fingerprint density at radius 3 is 2.79 bits per heavy atom. The summed E-state index contributed by atoms with van der Waals surface area (Å²) in [5.74, 6) is -0.0821. The zero-order valence-corrected chi connectivity index (χ0v) is 11.8. The normalized spacial score (nSPS) is 11.9. The zero-order valence-electron chi connectivity index (χ0n) is 11.8. The van der Waals surface area contributed by atoms with E-state index in [1.165, 1.54) is 0 Å². The molecular weight excluding hydrogens is 238 g/mol. The molecule has 0 saturated carbocycles. The highest BCUT2D eigenvalue weighted by atomic mass is 16.2. The van der Waals surface area contributed by atoms with Gasteiger partial charge >= 0.3 is 0 Å². The van der Waals surface area contributed by atoms with Gasteiger partial charge in [-0.1, -0.05) is 25.5 Å². The predicted octanol–water partition coefficient (Wildman–Crippen LogP) is 2.62. The Hall–Kier alpha value is -1.86. The number of hydrogen-bond acceptors (Lipinski definition) is 3. The molecule has 0 aliphatic rings. The van der Waals surface area contributed by atoms with Crippen LogP contribution in [0.3, 0.4) is 0 Å². The molecule has 0 radical (unpaired) electrons. The van der Waals surface area contributed by atoms with Crippen molar-refractivity contribution in [1.29, 1.82) is 5.26 Å². The number of carbonyl (C=O) groups is 1. The maximum absolute atomic E-state index is 12.1. The van der Waals surface area contributed by atoms with Crippen molar-refractivity contribution in [3.8, 4) is 6.07 Å². The molecule has 0 aromatic heterocycles. The third-order valence-electron chi connectivity index (χ3n) is 3.21. The Kier molecular flexibility index (Phi) is 6.04. The number of unbranched alkanes of at least 4 members (excludes halogenated alkanes) is 1. The van der Waals surface area contributed by atoms with Gasteiger partial charge in [0.2, 0.25) is 5.91 Å². The van der Waals surface area contributed by atoms with Crippen LogP contribution in [0.15, 0.2) is 24.3 Å². The smallest absolute Gasteiger partial charge is 0.241 e. The lowest BCUT2D eigenvalue weighted by Crippen LogP contribution is -2.40. The fourth-order valence-electron chi connectivity index (χ4n) is 1.73. The lowest BCUT2D eigenvalue weighted by atomic mass is 10.2. The van der Waals surface area contributed by atoms with Gasteiger partial charge in [0.25, 0.3) is 0 Å². The second-order valence-electron chi connectivity index (χ2n) is 4.66. The van der Waals surface area contributed by atoms with E-state index in [1.807, 2.05) is 24.9 Å². The number of rotatable bonds is 6. The number of carbonyl (C=O) groups excluding carboxylic acids is 1. The second kappa shape index (κ2) is 7.55. The molecule has 0 heterocycles. The van der Waals surface area contributed by atoms with Gasteiger partial charge < -0.3 is 5.32 Å². The summed E-state index contributed by atoms with van der Waals surface area (Å²) in [6.07, 6.45) is 2.18. The van der Waals surface area contributed by atoms with Crippen LogP contribution in [-0.2, 0) is 4.79 Å². The van der Waals surface area contributed by atoms with Gasteiger partial charge in [0.1, 0.15) is 6.07 Å². The largest absolute Gasteiger partial charge is 0.324 e. The number of benzene rings is 1. The van der Waals surface area contributed by atoms with Crippen LogP contribution in [0.1, 0.15) is 32.3 Å². The molecule has 1 aromatic rings. The first-order valence-corrected chi connectivity index (χ1v) is 6.60. The number of para-hydroxylation sites is 1. The van der Waals surface area contributed by atoms with Gasteiger partial charge in [-0.25, -0.2) is 0 Å². The van der Waals surface area contributed by atoms with Gasteiger partial charge in [0, 0.05) is 0 Å². The maximum Gasteiger partial charge on any atom is 0.241 e. The third kappa shape index (κ3) is 4.38. The van der Waals surface area contributed by atoms with Crippen LogP contribution in [0.25, 0.3) is 0 Å². The molecule has 0 bridgehead atoms. The molecule has 0 saturated heterocycles. The highest BCUT2D eigenvalue weighted by molar-refractivity contribution is 5.95.